The van der Waals surface area contributed by atoms with Gasteiger partial charge in [0.05, 0.1) is 25.2 Å². The molecule has 0 aromatic carbocycles. The number of hydrogen-bond acceptors (Lipinski definition) is 7. The van der Waals surface area contributed by atoms with E-state index < -0.39 is 0 Å². The van der Waals surface area contributed by atoms with Crippen molar-refractivity contribution in [2.45, 2.75) is 25.3 Å². The number of aromatic nitrogens is 6. The Morgan fingerprint density at radius 1 is 1.17 bits per heavy atom. The average molecular weight is 395 g/mol. The van der Waals surface area contributed by atoms with Crippen molar-refractivity contribution in [1.82, 2.24) is 29.3 Å². The van der Waals surface area contributed by atoms with Gasteiger partial charge in [0.1, 0.15) is 6.33 Å². The van der Waals surface area contributed by atoms with Gasteiger partial charge in [-0.25, -0.2) is 15.0 Å². The first-order chi connectivity index (χ1) is 14.1. The fraction of sp³-hybridized carbons (Fsp3) is 0.500. The third-order valence-corrected chi connectivity index (χ3v) is 6.40. The van der Waals surface area contributed by atoms with Crippen LogP contribution in [0.15, 0.2) is 31.0 Å². The van der Waals surface area contributed by atoms with Crippen LogP contribution in [0.2, 0.25) is 0 Å². The van der Waals surface area contributed by atoms with Crippen molar-refractivity contribution >= 4 is 22.6 Å². The maximum Gasteiger partial charge on any atom is 0.165 e. The van der Waals surface area contributed by atoms with E-state index in [4.69, 9.17) is 0 Å². The van der Waals surface area contributed by atoms with E-state index in [0.29, 0.717) is 0 Å². The van der Waals surface area contributed by atoms with Crippen molar-refractivity contribution in [2.24, 2.45) is 12.5 Å². The lowest BCUT2D eigenvalue weighted by Gasteiger charge is -2.45. The minimum Gasteiger partial charge on any atom is -0.396 e. The molecule has 0 bridgehead atoms. The first kappa shape index (κ1) is 18.3. The summed E-state index contributed by atoms with van der Waals surface area (Å²) in [7, 11) is 1.96. The van der Waals surface area contributed by atoms with E-state index in [1.165, 1.54) is 5.57 Å². The Morgan fingerprint density at radius 2 is 2.00 bits per heavy atom. The summed E-state index contributed by atoms with van der Waals surface area (Å²) in [6.07, 6.45) is 9.84. The molecule has 5 rings (SSSR count). The molecule has 3 aromatic rings. The van der Waals surface area contributed by atoms with Crippen LogP contribution in [0.3, 0.4) is 0 Å². The molecule has 9 nitrogen and oxygen atoms in total. The van der Waals surface area contributed by atoms with Crippen LogP contribution in [0, 0.1) is 5.41 Å². The highest BCUT2D eigenvalue weighted by molar-refractivity contribution is 5.84. The Morgan fingerprint density at radius 3 is 2.66 bits per heavy atom. The maximum atomic E-state index is 9.56. The molecule has 0 radical (unpaired) electrons. The predicted octanol–water partition coefficient (Wildman–Crippen LogP) is 1.16. The second-order valence-corrected chi connectivity index (χ2v) is 8.17. The Balaban J connectivity index is 1.39. The van der Waals surface area contributed by atoms with E-state index in [1.54, 1.807) is 6.33 Å². The number of aliphatic hydroxyl groups excluding tert-OH is 2. The first-order valence-electron chi connectivity index (χ1n) is 9.96. The second-order valence-electron chi connectivity index (χ2n) is 8.17. The van der Waals surface area contributed by atoms with Gasteiger partial charge in [0.25, 0.3) is 0 Å². The van der Waals surface area contributed by atoms with E-state index in [9.17, 15) is 10.2 Å². The molecule has 29 heavy (non-hydrogen) atoms. The molecular formula is C20H25N7O2. The Hall–Kier alpha value is -2.78. The maximum absolute atomic E-state index is 9.56. The number of rotatable bonds is 5. The number of hydrogen-bond donors (Lipinski definition) is 2. The molecule has 2 aliphatic rings. The molecule has 1 saturated carbocycles. The molecule has 1 fully saturated rings. The first-order valence-corrected chi connectivity index (χ1v) is 9.96. The third-order valence-electron chi connectivity index (χ3n) is 6.40. The van der Waals surface area contributed by atoms with Gasteiger partial charge in [0, 0.05) is 37.8 Å². The van der Waals surface area contributed by atoms with E-state index >= 15 is 0 Å². The van der Waals surface area contributed by atoms with Crippen LogP contribution < -0.4 is 4.90 Å². The summed E-state index contributed by atoms with van der Waals surface area (Å²) in [5.74, 6) is 0.851. The molecule has 1 aliphatic heterocycles. The lowest BCUT2D eigenvalue weighted by molar-refractivity contribution is -0.0421. The molecule has 152 valence electrons. The number of fused-ring (bicyclic) bond motifs is 1. The van der Waals surface area contributed by atoms with Crippen molar-refractivity contribution in [3.63, 3.8) is 0 Å². The lowest BCUT2D eigenvalue weighted by Crippen LogP contribution is -2.44. The monoisotopic (exact) mass is 395 g/mol. The molecule has 1 aliphatic carbocycles. The summed E-state index contributed by atoms with van der Waals surface area (Å²) in [5.41, 5.74) is 3.69. The molecule has 2 N–H and O–H groups in total. The van der Waals surface area contributed by atoms with Crippen molar-refractivity contribution in [3.05, 3.63) is 36.7 Å². The Labute approximate surface area is 168 Å². The third kappa shape index (κ3) is 2.92. The molecule has 9 heteroatoms. The van der Waals surface area contributed by atoms with E-state index in [1.807, 2.05) is 30.3 Å². The zero-order valence-corrected chi connectivity index (χ0v) is 16.4. The van der Waals surface area contributed by atoms with Gasteiger partial charge in [-0.15, -0.1) is 0 Å². The molecule has 0 amide bonds. The molecular weight excluding hydrogens is 370 g/mol. The predicted molar refractivity (Wildman–Crippen MR) is 108 cm³/mol. The van der Waals surface area contributed by atoms with E-state index in [0.717, 1.165) is 55.0 Å². The van der Waals surface area contributed by atoms with Crippen LogP contribution in [0.5, 0.6) is 0 Å². The van der Waals surface area contributed by atoms with Crippen molar-refractivity contribution in [1.29, 1.82) is 0 Å². The minimum absolute atomic E-state index is 0.00593. The summed E-state index contributed by atoms with van der Waals surface area (Å²) < 4.78 is 3.97. The van der Waals surface area contributed by atoms with Gasteiger partial charge >= 0.3 is 0 Å². The normalized spacial score (nSPS) is 19.4. The van der Waals surface area contributed by atoms with Gasteiger partial charge in [0.2, 0.25) is 0 Å². The van der Waals surface area contributed by atoms with Crippen molar-refractivity contribution < 1.29 is 10.2 Å². The SMILES string of the molecule is Cn1nccc1C1=CCN(c2ncnc3c2ncn3C2CC(CO)(CO)C2)CC1. The number of aryl methyl sites for hydroxylation is 1. The molecule has 0 unspecified atom stereocenters. The quantitative estimate of drug-likeness (QED) is 0.668. The van der Waals surface area contributed by atoms with Crippen LogP contribution in [-0.4, -0.2) is 65.8 Å². The van der Waals surface area contributed by atoms with Crippen LogP contribution >= 0.6 is 0 Å². The Bertz CT molecular complexity index is 1060. The fourth-order valence-corrected chi connectivity index (χ4v) is 4.57. The molecule has 0 spiro atoms. The summed E-state index contributed by atoms with van der Waals surface area (Å²) >= 11 is 0. The number of anilines is 1. The van der Waals surface area contributed by atoms with Crippen LogP contribution in [0.25, 0.3) is 16.7 Å². The lowest BCUT2D eigenvalue weighted by atomic mass is 9.66. The van der Waals surface area contributed by atoms with Crippen molar-refractivity contribution in [2.75, 3.05) is 31.2 Å². The van der Waals surface area contributed by atoms with Gasteiger partial charge in [0.15, 0.2) is 17.0 Å². The van der Waals surface area contributed by atoms with Gasteiger partial charge in [-0.2, -0.15) is 5.10 Å². The highest BCUT2D eigenvalue weighted by Gasteiger charge is 2.44. The minimum atomic E-state index is -0.378. The van der Waals surface area contributed by atoms with Gasteiger partial charge < -0.3 is 19.7 Å². The van der Waals surface area contributed by atoms with Crippen LogP contribution in [-0.2, 0) is 7.05 Å². The van der Waals surface area contributed by atoms with E-state index in [-0.39, 0.29) is 24.7 Å². The molecule has 0 saturated heterocycles. The average Bonchev–Trinajstić information content (AvgIpc) is 3.35. The van der Waals surface area contributed by atoms with Gasteiger partial charge in [-0.05, 0) is 30.9 Å². The zero-order chi connectivity index (χ0) is 20.0. The molecule has 0 atom stereocenters. The molecule has 4 heterocycles. The second kappa shape index (κ2) is 6.93. The standard InChI is InChI=1S/C20H25N7O2/c1-25-16(2-5-24-25)14-3-6-26(7-4-14)18-17-19(22-12-21-18)27(13-23-17)15-8-20(9-15,10-28)11-29/h2-3,5,12-13,15,28-29H,4,6-11H2,1H3. The summed E-state index contributed by atoms with van der Waals surface area (Å²) in [6.45, 7) is 1.64. The van der Waals surface area contributed by atoms with Crippen LogP contribution in [0.1, 0.15) is 31.0 Å². The number of aliphatic hydroxyl groups is 2. The summed E-state index contributed by atoms with van der Waals surface area (Å²) in [6, 6.07) is 2.24. The van der Waals surface area contributed by atoms with Gasteiger partial charge in [-0.3, -0.25) is 4.68 Å². The number of imidazole rings is 1. The van der Waals surface area contributed by atoms with Gasteiger partial charge in [-0.1, -0.05) is 6.08 Å². The largest absolute Gasteiger partial charge is 0.396 e. The van der Waals surface area contributed by atoms with E-state index in [2.05, 4.69) is 35.6 Å². The molecule has 3 aromatic heterocycles. The zero-order valence-electron chi connectivity index (χ0n) is 16.4. The summed E-state index contributed by atoms with van der Waals surface area (Å²) in [4.78, 5) is 15.8. The highest BCUT2D eigenvalue weighted by atomic mass is 16.3. The summed E-state index contributed by atoms with van der Waals surface area (Å²) in [5, 5.41) is 23.4. The topological polar surface area (TPSA) is 105 Å². The smallest absolute Gasteiger partial charge is 0.165 e. The highest BCUT2D eigenvalue weighted by Crippen LogP contribution is 2.48. The number of nitrogens with zero attached hydrogens (tertiary/aromatic N) is 7. The fourth-order valence-electron chi connectivity index (χ4n) is 4.57. The Kier molecular flexibility index (Phi) is 4.36. The van der Waals surface area contributed by atoms with Crippen molar-refractivity contribution in [3.8, 4) is 0 Å². The van der Waals surface area contributed by atoms with Crippen LogP contribution in [0.4, 0.5) is 5.82 Å².